The summed E-state index contributed by atoms with van der Waals surface area (Å²) in [6.45, 7) is 0. The fourth-order valence-corrected chi connectivity index (χ4v) is 2.26. The Labute approximate surface area is 117 Å². The molecule has 0 heterocycles. The summed E-state index contributed by atoms with van der Waals surface area (Å²) in [5, 5.41) is 0.321. The zero-order valence-electron chi connectivity index (χ0n) is 9.08. The quantitative estimate of drug-likeness (QED) is 0.889. The van der Waals surface area contributed by atoms with Crippen molar-refractivity contribution in [2.24, 2.45) is 5.73 Å². The number of carbonyl (C=O) groups excluding carboxylic acids is 1. The average Bonchev–Trinajstić information content (AvgIpc) is 2.27. The van der Waals surface area contributed by atoms with Crippen LogP contribution >= 0.6 is 27.5 Å². The molecule has 2 aromatic rings. The van der Waals surface area contributed by atoms with Crippen LogP contribution in [0.3, 0.4) is 0 Å². The molecule has 0 atom stereocenters. The van der Waals surface area contributed by atoms with Crippen LogP contribution < -0.4 is 5.73 Å². The minimum atomic E-state index is -0.563. The Hall–Kier alpha value is -1.39. The van der Waals surface area contributed by atoms with Crippen molar-refractivity contribution >= 4 is 33.4 Å². The van der Waals surface area contributed by atoms with Gasteiger partial charge in [-0.25, -0.2) is 4.39 Å². The molecule has 2 N–H and O–H groups in total. The first-order valence-electron chi connectivity index (χ1n) is 5.03. The zero-order valence-corrected chi connectivity index (χ0v) is 11.4. The summed E-state index contributed by atoms with van der Waals surface area (Å²) in [5.74, 6) is -1.01. The van der Waals surface area contributed by atoms with Crippen LogP contribution in [0.15, 0.2) is 40.9 Å². The van der Waals surface area contributed by atoms with Gasteiger partial charge in [0.1, 0.15) is 5.82 Å². The first-order valence-corrected chi connectivity index (χ1v) is 6.20. The molecule has 1 amide bonds. The second-order valence-corrected chi connectivity index (χ2v) is 5.07. The highest BCUT2D eigenvalue weighted by Crippen LogP contribution is 2.28. The molecular formula is C13H8BrClFNO. The summed E-state index contributed by atoms with van der Waals surface area (Å²) in [7, 11) is 0. The molecular weight excluding hydrogens is 321 g/mol. The van der Waals surface area contributed by atoms with Crippen LogP contribution in [0.1, 0.15) is 10.4 Å². The van der Waals surface area contributed by atoms with Crippen LogP contribution in [0, 0.1) is 5.82 Å². The predicted molar refractivity (Wildman–Crippen MR) is 73.1 cm³/mol. The molecule has 0 aliphatic carbocycles. The van der Waals surface area contributed by atoms with Gasteiger partial charge in [-0.3, -0.25) is 4.79 Å². The molecule has 0 aliphatic heterocycles. The maximum Gasteiger partial charge on any atom is 0.248 e. The molecule has 0 unspecified atom stereocenters. The average molecular weight is 329 g/mol. The molecule has 2 nitrogen and oxygen atoms in total. The van der Waals surface area contributed by atoms with E-state index < -0.39 is 11.7 Å². The van der Waals surface area contributed by atoms with Gasteiger partial charge < -0.3 is 5.73 Å². The topological polar surface area (TPSA) is 43.1 Å². The number of hydrogen-bond donors (Lipinski definition) is 1. The number of carbonyl (C=O) groups is 1. The SMILES string of the molecule is NC(=O)c1cc(Br)cc(-c2ccc(Cl)cc2F)c1. The van der Waals surface area contributed by atoms with Gasteiger partial charge in [0, 0.05) is 20.6 Å². The largest absolute Gasteiger partial charge is 0.366 e. The van der Waals surface area contributed by atoms with Crippen LogP contribution in [-0.2, 0) is 0 Å². The van der Waals surface area contributed by atoms with Crippen LogP contribution in [-0.4, -0.2) is 5.91 Å². The lowest BCUT2D eigenvalue weighted by atomic mass is 10.0. The molecule has 18 heavy (non-hydrogen) atoms. The van der Waals surface area contributed by atoms with Crippen molar-refractivity contribution in [3.05, 3.63) is 57.3 Å². The van der Waals surface area contributed by atoms with Crippen LogP contribution in [0.5, 0.6) is 0 Å². The summed E-state index contributed by atoms with van der Waals surface area (Å²) < 4.78 is 14.4. The second kappa shape index (κ2) is 5.08. The number of halogens is 3. The van der Waals surface area contributed by atoms with E-state index in [4.69, 9.17) is 17.3 Å². The number of rotatable bonds is 2. The van der Waals surface area contributed by atoms with Gasteiger partial charge >= 0.3 is 0 Å². The van der Waals surface area contributed by atoms with Crippen molar-refractivity contribution in [3.63, 3.8) is 0 Å². The zero-order chi connectivity index (χ0) is 13.3. The Kier molecular flexibility index (Phi) is 3.68. The standard InChI is InChI=1S/C13H8BrClFNO/c14-9-4-7(3-8(5-9)13(17)18)11-2-1-10(15)6-12(11)16/h1-6H,(H2,17,18). The molecule has 5 heteroatoms. The van der Waals surface area contributed by atoms with E-state index in [1.807, 2.05) is 0 Å². The van der Waals surface area contributed by atoms with E-state index in [1.165, 1.54) is 6.07 Å². The van der Waals surface area contributed by atoms with Crippen molar-refractivity contribution < 1.29 is 9.18 Å². The number of primary amides is 1. The van der Waals surface area contributed by atoms with E-state index in [0.29, 0.717) is 26.2 Å². The highest BCUT2D eigenvalue weighted by atomic mass is 79.9. The molecule has 0 radical (unpaired) electrons. The van der Waals surface area contributed by atoms with Crippen molar-refractivity contribution in [1.82, 2.24) is 0 Å². The molecule has 92 valence electrons. The van der Waals surface area contributed by atoms with Gasteiger partial charge in [0.05, 0.1) is 0 Å². The summed E-state index contributed by atoms with van der Waals surface area (Å²) in [5.41, 5.74) is 6.46. The van der Waals surface area contributed by atoms with Gasteiger partial charge in [-0.1, -0.05) is 27.5 Å². The minimum Gasteiger partial charge on any atom is -0.366 e. The Balaban J connectivity index is 2.60. The molecule has 0 bridgehead atoms. The van der Waals surface area contributed by atoms with Crippen LogP contribution in [0.4, 0.5) is 4.39 Å². The number of benzene rings is 2. The first-order chi connectivity index (χ1) is 8.47. The molecule has 0 saturated carbocycles. The van der Waals surface area contributed by atoms with Gasteiger partial charge in [0.15, 0.2) is 0 Å². The van der Waals surface area contributed by atoms with Crippen molar-refractivity contribution in [2.75, 3.05) is 0 Å². The van der Waals surface area contributed by atoms with Crippen LogP contribution in [0.25, 0.3) is 11.1 Å². The fourth-order valence-electron chi connectivity index (χ4n) is 1.61. The summed E-state index contributed by atoms with van der Waals surface area (Å²) in [4.78, 5) is 11.2. The third kappa shape index (κ3) is 2.71. The molecule has 0 aliphatic rings. The van der Waals surface area contributed by atoms with Gasteiger partial charge in [-0.2, -0.15) is 0 Å². The second-order valence-electron chi connectivity index (χ2n) is 3.72. The maximum atomic E-state index is 13.8. The monoisotopic (exact) mass is 327 g/mol. The van der Waals surface area contributed by atoms with E-state index in [-0.39, 0.29) is 0 Å². The van der Waals surface area contributed by atoms with E-state index in [0.717, 1.165) is 0 Å². The Bertz CT molecular complexity index is 630. The predicted octanol–water partition coefficient (Wildman–Crippen LogP) is 4.01. The third-order valence-electron chi connectivity index (χ3n) is 2.42. The Morgan fingerprint density at radius 2 is 1.94 bits per heavy atom. The Morgan fingerprint density at radius 3 is 2.56 bits per heavy atom. The van der Waals surface area contributed by atoms with Gasteiger partial charge in [-0.15, -0.1) is 0 Å². The lowest BCUT2D eigenvalue weighted by molar-refractivity contribution is 0.100. The van der Waals surface area contributed by atoms with Crippen molar-refractivity contribution in [3.8, 4) is 11.1 Å². The molecule has 0 aromatic heterocycles. The van der Waals surface area contributed by atoms with E-state index in [9.17, 15) is 9.18 Å². The number of amides is 1. The minimum absolute atomic E-state index is 0.314. The normalized spacial score (nSPS) is 10.4. The maximum absolute atomic E-state index is 13.8. The molecule has 0 fully saturated rings. The van der Waals surface area contributed by atoms with E-state index >= 15 is 0 Å². The molecule has 2 aromatic carbocycles. The lowest BCUT2D eigenvalue weighted by Crippen LogP contribution is -2.10. The highest BCUT2D eigenvalue weighted by Gasteiger charge is 2.10. The summed E-state index contributed by atoms with van der Waals surface area (Å²) in [6, 6.07) is 9.20. The van der Waals surface area contributed by atoms with E-state index in [1.54, 1.807) is 30.3 Å². The van der Waals surface area contributed by atoms with Crippen molar-refractivity contribution in [1.29, 1.82) is 0 Å². The third-order valence-corrected chi connectivity index (χ3v) is 3.12. The Morgan fingerprint density at radius 1 is 1.22 bits per heavy atom. The lowest BCUT2D eigenvalue weighted by Gasteiger charge is -2.06. The van der Waals surface area contributed by atoms with Gasteiger partial charge in [0.2, 0.25) is 5.91 Å². The number of nitrogens with two attached hydrogens (primary N) is 1. The first kappa shape index (κ1) is 13.1. The molecule has 2 rings (SSSR count). The number of hydrogen-bond acceptors (Lipinski definition) is 1. The summed E-state index contributed by atoms with van der Waals surface area (Å²) >= 11 is 8.96. The highest BCUT2D eigenvalue weighted by molar-refractivity contribution is 9.10. The van der Waals surface area contributed by atoms with Crippen molar-refractivity contribution in [2.45, 2.75) is 0 Å². The fraction of sp³-hybridized carbons (Fsp3) is 0. The van der Waals surface area contributed by atoms with Gasteiger partial charge in [0.25, 0.3) is 0 Å². The summed E-state index contributed by atoms with van der Waals surface area (Å²) in [6.07, 6.45) is 0. The van der Waals surface area contributed by atoms with Gasteiger partial charge in [-0.05, 0) is 42.0 Å². The molecule has 0 saturated heterocycles. The van der Waals surface area contributed by atoms with Crippen LogP contribution in [0.2, 0.25) is 5.02 Å². The molecule has 0 spiro atoms. The van der Waals surface area contributed by atoms with E-state index in [2.05, 4.69) is 15.9 Å². The smallest absolute Gasteiger partial charge is 0.248 e.